The van der Waals surface area contributed by atoms with Crippen molar-refractivity contribution in [1.82, 2.24) is 5.32 Å². The summed E-state index contributed by atoms with van der Waals surface area (Å²) in [6.07, 6.45) is 6.88. The molecule has 4 heteroatoms. The number of benzene rings is 2. The molecule has 1 saturated carbocycles. The third-order valence-corrected chi connectivity index (χ3v) is 6.65. The van der Waals surface area contributed by atoms with Crippen molar-refractivity contribution in [2.45, 2.75) is 62.1 Å². The highest BCUT2D eigenvalue weighted by atomic mass is 32.2. The molecule has 138 valence electrons. The van der Waals surface area contributed by atoms with Gasteiger partial charge in [-0.15, -0.1) is 0 Å². The van der Waals surface area contributed by atoms with E-state index < -0.39 is 5.56 Å². The first-order chi connectivity index (χ1) is 12.7. The maximum atomic E-state index is 10.6. The molecule has 2 atom stereocenters. The maximum absolute atomic E-state index is 10.6. The van der Waals surface area contributed by atoms with Gasteiger partial charge in [-0.1, -0.05) is 67.8 Å². The van der Waals surface area contributed by atoms with E-state index in [4.69, 9.17) is 0 Å². The molecule has 1 fully saturated rings. The standard InChI is InChI=1S/C22H28N2OS/c1-16(14-17-8-2-3-9-17)23-15-18-10-4-5-11-19(18)24-20-12-6-7-13-21(20)26-22(24)25/h4-7,10-13,16-17,22-23,25H,2-3,8-9,14-15H2,1H3/t16-,22?/m0/s1. The van der Waals surface area contributed by atoms with Gasteiger partial charge in [0.05, 0.1) is 5.69 Å². The first-order valence-corrected chi connectivity index (χ1v) is 10.6. The first-order valence-electron chi connectivity index (χ1n) is 9.76. The first kappa shape index (κ1) is 17.9. The normalized spacial score (nSPS) is 21.2. The van der Waals surface area contributed by atoms with Crippen LogP contribution in [0, 0.1) is 5.92 Å². The maximum Gasteiger partial charge on any atom is 0.184 e. The number of nitrogens with one attached hydrogen (secondary N) is 1. The Morgan fingerprint density at radius 3 is 2.58 bits per heavy atom. The summed E-state index contributed by atoms with van der Waals surface area (Å²) >= 11 is 1.51. The van der Waals surface area contributed by atoms with E-state index in [-0.39, 0.29) is 0 Å². The van der Waals surface area contributed by atoms with Crippen LogP contribution in [0.15, 0.2) is 53.4 Å². The largest absolute Gasteiger partial charge is 0.364 e. The van der Waals surface area contributed by atoms with E-state index >= 15 is 0 Å². The van der Waals surface area contributed by atoms with Crippen LogP contribution in [0.2, 0.25) is 0 Å². The molecule has 1 heterocycles. The number of nitrogens with zero attached hydrogens (tertiary/aromatic N) is 1. The summed E-state index contributed by atoms with van der Waals surface area (Å²) in [6.45, 7) is 3.14. The van der Waals surface area contributed by atoms with E-state index in [0.29, 0.717) is 6.04 Å². The van der Waals surface area contributed by atoms with Gasteiger partial charge in [-0.25, -0.2) is 0 Å². The lowest BCUT2D eigenvalue weighted by molar-refractivity contribution is 0.272. The third kappa shape index (κ3) is 3.78. The molecule has 0 radical (unpaired) electrons. The van der Waals surface area contributed by atoms with Crippen molar-refractivity contribution in [2.75, 3.05) is 4.90 Å². The topological polar surface area (TPSA) is 35.5 Å². The number of para-hydroxylation sites is 2. The number of aliphatic hydroxyl groups excluding tert-OH is 1. The van der Waals surface area contributed by atoms with E-state index in [2.05, 4.69) is 53.5 Å². The van der Waals surface area contributed by atoms with Gasteiger partial charge in [0.2, 0.25) is 0 Å². The van der Waals surface area contributed by atoms with Gasteiger partial charge < -0.3 is 15.3 Å². The van der Waals surface area contributed by atoms with Gasteiger partial charge in [-0.3, -0.25) is 0 Å². The number of fused-ring (bicyclic) bond motifs is 1. The highest BCUT2D eigenvalue weighted by Crippen LogP contribution is 2.47. The van der Waals surface area contributed by atoms with Crippen molar-refractivity contribution in [3.8, 4) is 0 Å². The molecule has 1 aliphatic heterocycles. The second-order valence-electron chi connectivity index (χ2n) is 7.58. The minimum absolute atomic E-state index is 0.524. The van der Waals surface area contributed by atoms with Crippen molar-refractivity contribution in [3.05, 3.63) is 54.1 Å². The van der Waals surface area contributed by atoms with Crippen molar-refractivity contribution in [3.63, 3.8) is 0 Å². The van der Waals surface area contributed by atoms with E-state index in [1.54, 1.807) is 0 Å². The van der Waals surface area contributed by atoms with Crippen LogP contribution in [-0.2, 0) is 6.54 Å². The second kappa shape index (κ2) is 8.03. The van der Waals surface area contributed by atoms with Crippen molar-refractivity contribution >= 4 is 23.1 Å². The minimum Gasteiger partial charge on any atom is -0.364 e. The fourth-order valence-electron chi connectivity index (χ4n) is 4.30. The molecule has 3 nitrogen and oxygen atoms in total. The molecule has 26 heavy (non-hydrogen) atoms. The summed E-state index contributed by atoms with van der Waals surface area (Å²) in [5.41, 5.74) is 2.86. The van der Waals surface area contributed by atoms with Crippen molar-refractivity contribution < 1.29 is 5.11 Å². The van der Waals surface area contributed by atoms with E-state index in [0.717, 1.165) is 28.7 Å². The summed E-state index contributed by atoms with van der Waals surface area (Å²) in [6, 6.07) is 17.2. The van der Waals surface area contributed by atoms with E-state index in [9.17, 15) is 5.11 Å². The number of anilines is 2. The number of aliphatic hydroxyl groups is 1. The quantitative estimate of drug-likeness (QED) is 0.728. The second-order valence-corrected chi connectivity index (χ2v) is 8.68. The van der Waals surface area contributed by atoms with Gasteiger partial charge in [0.1, 0.15) is 0 Å². The van der Waals surface area contributed by atoms with Gasteiger partial charge >= 0.3 is 0 Å². The highest BCUT2D eigenvalue weighted by molar-refractivity contribution is 8.00. The van der Waals surface area contributed by atoms with Crippen LogP contribution in [0.25, 0.3) is 0 Å². The average molecular weight is 369 g/mol. The molecule has 0 aromatic heterocycles. The van der Waals surface area contributed by atoms with Crippen LogP contribution < -0.4 is 10.2 Å². The Hall–Kier alpha value is -1.49. The lowest BCUT2D eigenvalue weighted by Gasteiger charge is -2.26. The van der Waals surface area contributed by atoms with Gasteiger partial charge in [0, 0.05) is 23.2 Å². The molecule has 2 N–H and O–H groups in total. The summed E-state index contributed by atoms with van der Waals surface area (Å²) in [4.78, 5) is 3.19. The predicted octanol–water partition coefficient (Wildman–Crippen LogP) is 5.26. The number of hydrogen-bond acceptors (Lipinski definition) is 4. The fraction of sp³-hybridized carbons (Fsp3) is 0.455. The Bertz CT molecular complexity index is 744. The molecule has 0 bridgehead atoms. The SMILES string of the molecule is C[C@@H](CC1CCCC1)NCc1ccccc1N1c2ccccc2SC1O. The minimum atomic E-state index is -0.565. The smallest absolute Gasteiger partial charge is 0.184 e. The van der Waals surface area contributed by atoms with Crippen LogP contribution in [0.3, 0.4) is 0 Å². The Balaban J connectivity index is 1.48. The zero-order valence-corrected chi connectivity index (χ0v) is 16.2. The fourth-order valence-corrected chi connectivity index (χ4v) is 5.30. The molecule has 0 saturated heterocycles. The molecule has 2 aromatic carbocycles. The zero-order valence-electron chi connectivity index (χ0n) is 15.4. The Labute approximate surface area is 160 Å². The van der Waals surface area contributed by atoms with Gasteiger partial charge in [-0.05, 0) is 43.0 Å². The van der Waals surface area contributed by atoms with E-state index in [1.165, 1.54) is 49.4 Å². The average Bonchev–Trinajstić information content (AvgIpc) is 3.27. The van der Waals surface area contributed by atoms with Gasteiger partial charge in [0.15, 0.2) is 5.56 Å². The lowest BCUT2D eigenvalue weighted by atomic mass is 9.99. The number of rotatable bonds is 6. The van der Waals surface area contributed by atoms with Gasteiger partial charge in [0.25, 0.3) is 0 Å². The monoisotopic (exact) mass is 368 g/mol. The van der Waals surface area contributed by atoms with Crippen LogP contribution >= 0.6 is 11.8 Å². The number of thioether (sulfide) groups is 1. The van der Waals surface area contributed by atoms with Crippen LogP contribution in [0.1, 0.15) is 44.6 Å². The van der Waals surface area contributed by atoms with Crippen LogP contribution in [0.4, 0.5) is 11.4 Å². The highest BCUT2D eigenvalue weighted by Gasteiger charge is 2.30. The molecule has 2 aliphatic rings. The van der Waals surface area contributed by atoms with E-state index in [1.807, 2.05) is 12.1 Å². The molecule has 1 unspecified atom stereocenters. The summed E-state index contributed by atoms with van der Waals surface area (Å²) in [5, 5.41) is 14.3. The molecule has 0 amide bonds. The van der Waals surface area contributed by atoms with Crippen molar-refractivity contribution in [1.29, 1.82) is 0 Å². The predicted molar refractivity (Wildman–Crippen MR) is 110 cm³/mol. The summed E-state index contributed by atoms with van der Waals surface area (Å²) in [7, 11) is 0. The lowest BCUT2D eigenvalue weighted by Crippen LogP contribution is -2.29. The molecule has 2 aromatic rings. The van der Waals surface area contributed by atoms with Crippen LogP contribution in [0.5, 0.6) is 0 Å². The van der Waals surface area contributed by atoms with Crippen molar-refractivity contribution in [2.24, 2.45) is 5.92 Å². The van der Waals surface area contributed by atoms with Gasteiger partial charge in [-0.2, -0.15) is 0 Å². The molecule has 4 rings (SSSR count). The third-order valence-electron chi connectivity index (χ3n) is 5.63. The Morgan fingerprint density at radius 1 is 1.08 bits per heavy atom. The summed E-state index contributed by atoms with van der Waals surface area (Å²) in [5.74, 6) is 0.899. The molecular weight excluding hydrogens is 340 g/mol. The Morgan fingerprint density at radius 2 is 1.77 bits per heavy atom. The molecular formula is C22H28N2OS. The molecule has 0 spiro atoms. The summed E-state index contributed by atoms with van der Waals surface area (Å²) < 4.78 is 0. The Kier molecular flexibility index (Phi) is 5.53. The van der Waals surface area contributed by atoms with Crippen LogP contribution in [-0.4, -0.2) is 16.7 Å². The number of hydrogen-bond donors (Lipinski definition) is 2. The molecule has 1 aliphatic carbocycles. The zero-order chi connectivity index (χ0) is 17.9.